The van der Waals surface area contributed by atoms with Crippen molar-refractivity contribution in [3.05, 3.63) is 40.4 Å². The van der Waals surface area contributed by atoms with Crippen molar-refractivity contribution in [2.24, 2.45) is 13.0 Å². The maximum Gasteiger partial charge on any atom is 0.261 e. The Balaban J connectivity index is 1.97. The SMILES string of the molecule is CCCCCCN(C(=O)C1CCCC1)C(CC)c1nc2ccccc2c(=O)n1C. The standard InChI is InChI=1S/C24H35N3O2/c1-4-6-7-12-17-27(23(28)18-13-8-9-14-18)21(5-2)22-25-20-16-11-10-15-19(20)24(29)26(22)3/h10-11,15-16,18,21H,4-9,12-14,17H2,1-3H3. The van der Waals surface area contributed by atoms with Crippen LogP contribution in [0.5, 0.6) is 0 Å². The van der Waals surface area contributed by atoms with Gasteiger partial charge in [-0.2, -0.15) is 0 Å². The highest BCUT2D eigenvalue weighted by Crippen LogP contribution is 2.31. The zero-order valence-electron chi connectivity index (χ0n) is 18.2. The minimum Gasteiger partial charge on any atom is -0.332 e. The molecular weight excluding hydrogens is 362 g/mol. The number of carbonyl (C=O) groups excluding carboxylic acids is 1. The molecule has 5 nitrogen and oxygen atoms in total. The molecule has 0 aliphatic heterocycles. The predicted octanol–water partition coefficient (Wildman–Crippen LogP) is 4.98. The van der Waals surface area contributed by atoms with Gasteiger partial charge in [0.05, 0.1) is 16.9 Å². The molecule has 1 saturated carbocycles. The van der Waals surface area contributed by atoms with Gasteiger partial charge in [-0.15, -0.1) is 0 Å². The summed E-state index contributed by atoms with van der Waals surface area (Å²) in [4.78, 5) is 33.3. The van der Waals surface area contributed by atoms with Crippen LogP contribution in [0.2, 0.25) is 0 Å². The lowest BCUT2D eigenvalue weighted by Crippen LogP contribution is -2.41. The second kappa shape index (κ2) is 10.0. The molecule has 3 rings (SSSR count). The number of hydrogen-bond acceptors (Lipinski definition) is 3. The Hall–Kier alpha value is -2.17. The third-order valence-electron chi connectivity index (χ3n) is 6.32. The first-order chi connectivity index (χ1) is 14.1. The summed E-state index contributed by atoms with van der Waals surface area (Å²) in [6.07, 6.45) is 9.52. The summed E-state index contributed by atoms with van der Waals surface area (Å²) >= 11 is 0. The lowest BCUT2D eigenvalue weighted by atomic mass is 10.0. The minimum absolute atomic E-state index is 0.0386. The predicted molar refractivity (Wildman–Crippen MR) is 118 cm³/mol. The Morgan fingerprint density at radius 2 is 1.90 bits per heavy atom. The summed E-state index contributed by atoms with van der Waals surface area (Å²) in [6.45, 7) is 5.04. The molecule has 1 aliphatic rings. The number of para-hydroxylation sites is 1. The van der Waals surface area contributed by atoms with Gasteiger partial charge in [-0.25, -0.2) is 4.98 Å². The molecule has 0 saturated heterocycles. The second-order valence-corrected chi connectivity index (χ2v) is 8.35. The van der Waals surface area contributed by atoms with E-state index >= 15 is 0 Å². The molecular formula is C24H35N3O2. The molecule has 158 valence electrons. The first kappa shape index (κ1) is 21.5. The Labute approximate surface area is 174 Å². The maximum atomic E-state index is 13.5. The van der Waals surface area contributed by atoms with Crippen LogP contribution >= 0.6 is 0 Å². The van der Waals surface area contributed by atoms with Gasteiger partial charge >= 0.3 is 0 Å². The normalized spacial score (nSPS) is 15.7. The Morgan fingerprint density at radius 3 is 2.59 bits per heavy atom. The summed E-state index contributed by atoms with van der Waals surface area (Å²) in [7, 11) is 1.79. The van der Waals surface area contributed by atoms with Crippen molar-refractivity contribution >= 4 is 16.8 Å². The Bertz CT molecular complexity index is 883. The molecule has 29 heavy (non-hydrogen) atoms. The van der Waals surface area contributed by atoms with Gasteiger partial charge in [-0.3, -0.25) is 14.2 Å². The molecule has 1 amide bonds. The summed E-state index contributed by atoms with van der Waals surface area (Å²) < 4.78 is 1.65. The highest BCUT2D eigenvalue weighted by molar-refractivity contribution is 5.80. The van der Waals surface area contributed by atoms with Gasteiger partial charge in [0.25, 0.3) is 5.56 Å². The topological polar surface area (TPSA) is 55.2 Å². The van der Waals surface area contributed by atoms with E-state index in [2.05, 4.69) is 13.8 Å². The van der Waals surface area contributed by atoms with E-state index in [0.29, 0.717) is 16.7 Å². The zero-order chi connectivity index (χ0) is 20.8. The molecule has 2 aromatic rings. The van der Waals surface area contributed by atoms with Gasteiger partial charge < -0.3 is 4.90 Å². The summed E-state index contributed by atoms with van der Waals surface area (Å²) in [5.41, 5.74) is 0.673. The van der Waals surface area contributed by atoms with E-state index in [1.54, 1.807) is 11.6 Å². The van der Waals surface area contributed by atoms with Gasteiger partial charge in [0.2, 0.25) is 5.91 Å². The van der Waals surface area contributed by atoms with E-state index in [1.165, 1.54) is 12.8 Å². The molecule has 0 bridgehead atoms. The van der Waals surface area contributed by atoms with Crippen molar-refractivity contribution in [3.8, 4) is 0 Å². The van der Waals surface area contributed by atoms with Gasteiger partial charge in [-0.1, -0.05) is 58.1 Å². The fourth-order valence-electron chi connectivity index (χ4n) is 4.61. The van der Waals surface area contributed by atoms with E-state index < -0.39 is 0 Å². The van der Waals surface area contributed by atoms with Crippen molar-refractivity contribution in [3.63, 3.8) is 0 Å². The van der Waals surface area contributed by atoms with E-state index in [1.807, 2.05) is 29.2 Å². The van der Waals surface area contributed by atoms with Gasteiger partial charge in [0.1, 0.15) is 5.82 Å². The fourth-order valence-corrected chi connectivity index (χ4v) is 4.61. The molecule has 1 aromatic carbocycles. The van der Waals surface area contributed by atoms with Gasteiger partial charge in [0, 0.05) is 19.5 Å². The molecule has 0 spiro atoms. The number of carbonyl (C=O) groups is 1. The smallest absolute Gasteiger partial charge is 0.261 e. The monoisotopic (exact) mass is 397 g/mol. The van der Waals surface area contributed by atoms with Crippen molar-refractivity contribution in [2.45, 2.75) is 77.7 Å². The molecule has 0 N–H and O–H groups in total. The number of fused-ring (bicyclic) bond motifs is 1. The highest BCUT2D eigenvalue weighted by atomic mass is 16.2. The number of amides is 1. The van der Waals surface area contributed by atoms with E-state index in [9.17, 15) is 9.59 Å². The van der Waals surface area contributed by atoms with Crippen LogP contribution in [0.25, 0.3) is 10.9 Å². The summed E-state index contributed by atoms with van der Waals surface area (Å²) in [6, 6.07) is 7.32. The van der Waals surface area contributed by atoms with Crippen LogP contribution in [0.1, 0.15) is 83.5 Å². The molecule has 1 aliphatic carbocycles. The largest absolute Gasteiger partial charge is 0.332 e. The molecule has 1 fully saturated rings. The molecule has 1 heterocycles. The van der Waals surface area contributed by atoms with Crippen molar-refractivity contribution in [1.82, 2.24) is 14.5 Å². The quantitative estimate of drug-likeness (QED) is 0.561. The highest BCUT2D eigenvalue weighted by Gasteiger charge is 2.33. The van der Waals surface area contributed by atoms with Crippen LogP contribution in [0.4, 0.5) is 0 Å². The van der Waals surface area contributed by atoms with Crippen LogP contribution in [0.3, 0.4) is 0 Å². The van der Waals surface area contributed by atoms with Gasteiger partial charge in [-0.05, 0) is 37.8 Å². The van der Waals surface area contributed by atoms with E-state index in [4.69, 9.17) is 4.98 Å². The lowest BCUT2D eigenvalue weighted by Gasteiger charge is -2.34. The Kier molecular flexibility index (Phi) is 7.45. The molecule has 0 radical (unpaired) electrons. The molecule has 1 unspecified atom stereocenters. The number of aromatic nitrogens is 2. The van der Waals surface area contributed by atoms with Crippen molar-refractivity contribution in [2.75, 3.05) is 6.54 Å². The van der Waals surface area contributed by atoms with Crippen LogP contribution < -0.4 is 5.56 Å². The van der Waals surface area contributed by atoms with Crippen molar-refractivity contribution in [1.29, 1.82) is 0 Å². The number of benzene rings is 1. The molecule has 1 aromatic heterocycles. The van der Waals surface area contributed by atoms with Crippen molar-refractivity contribution < 1.29 is 4.79 Å². The average molecular weight is 398 g/mol. The minimum atomic E-state index is -0.160. The second-order valence-electron chi connectivity index (χ2n) is 8.35. The lowest BCUT2D eigenvalue weighted by molar-refractivity contribution is -0.138. The zero-order valence-corrected chi connectivity index (χ0v) is 18.2. The van der Waals surface area contributed by atoms with Crippen LogP contribution in [0, 0.1) is 5.92 Å². The van der Waals surface area contributed by atoms with Gasteiger partial charge in [0.15, 0.2) is 0 Å². The third kappa shape index (κ3) is 4.71. The summed E-state index contributed by atoms with van der Waals surface area (Å²) in [5.74, 6) is 1.10. The number of nitrogens with zero attached hydrogens (tertiary/aromatic N) is 3. The van der Waals surface area contributed by atoms with E-state index in [-0.39, 0.29) is 23.4 Å². The van der Waals surface area contributed by atoms with Crippen LogP contribution in [-0.2, 0) is 11.8 Å². The third-order valence-corrected chi connectivity index (χ3v) is 6.32. The first-order valence-electron chi connectivity index (χ1n) is 11.3. The fraction of sp³-hybridized carbons (Fsp3) is 0.625. The average Bonchev–Trinajstić information content (AvgIpc) is 3.28. The number of rotatable bonds is 9. The number of hydrogen-bond donors (Lipinski definition) is 0. The summed E-state index contributed by atoms with van der Waals surface area (Å²) in [5, 5.41) is 0.630. The molecule has 1 atom stereocenters. The van der Waals surface area contributed by atoms with Crippen LogP contribution in [0.15, 0.2) is 29.1 Å². The Morgan fingerprint density at radius 1 is 1.17 bits per heavy atom. The first-order valence-corrected chi connectivity index (χ1v) is 11.3. The van der Waals surface area contributed by atoms with Crippen LogP contribution in [-0.4, -0.2) is 26.9 Å². The maximum absolute atomic E-state index is 13.5. The van der Waals surface area contributed by atoms with E-state index in [0.717, 1.165) is 51.5 Å². The molecule has 5 heteroatoms. The number of unbranched alkanes of at least 4 members (excludes halogenated alkanes) is 3.